The third-order valence-electron chi connectivity index (χ3n) is 4.58. The molecule has 1 aromatic rings. The van der Waals surface area contributed by atoms with Crippen LogP contribution < -0.4 is 10.2 Å². The quantitative estimate of drug-likeness (QED) is 0.876. The van der Waals surface area contributed by atoms with Gasteiger partial charge in [-0.3, -0.25) is 0 Å². The van der Waals surface area contributed by atoms with Gasteiger partial charge >= 0.3 is 0 Å². The summed E-state index contributed by atoms with van der Waals surface area (Å²) in [6.07, 6.45) is 5.36. The van der Waals surface area contributed by atoms with Crippen molar-refractivity contribution in [1.29, 1.82) is 0 Å². The molecular formula is C16H24N2. The molecule has 1 N–H and O–H groups in total. The highest BCUT2D eigenvalue weighted by Gasteiger charge is 2.36. The van der Waals surface area contributed by atoms with E-state index in [9.17, 15) is 0 Å². The van der Waals surface area contributed by atoms with Crippen LogP contribution >= 0.6 is 0 Å². The minimum absolute atomic E-state index is 0.783. The summed E-state index contributed by atoms with van der Waals surface area (Å²) in [4.78, 5) is 2.68. The maximum atomic E-state index is 3.52. The molecule has 2 aliphatic rings. The molecule has 1 aliphatic carbocycles. The van der Waals surface area contributed by atoms with Gasteiger partial charge in [-0.15, -0.1) is 0 Å². The van der Waals surface area contributed by atoms with Gasteiger partial charge in [0.1, 0.15) is 0 Å². The van der Waals surface area contributed by atoms with Crippen molar-refractivity contribution >= 4 is 5.69 Å². The molecule has 1 fully saturated rings. The van der Waals surface area contributed by atoms with Crippen molar-refractivity contribution in [3.05, 3.63) is 29.8 Å². The van der Waals surface area contributed by atoms with Gasteiger partial charge in [-0.2, -0.15) is 0 Å². The fourth-order valence-corrected chi connectivity index (χ4v) is 3.44. The number of rotatable bonds is 4. The van der Waals surface area contributed by atoms with Crippen LogP contribution in [0.15, 0.2) is 24.3 Å². The lowest BCUT2D eigenvalue weighted by molar-refractivity contribution is 0.232. The maximum absolute atomic E-state index is 3.52. The summed E-state index contributed by atoms with van der Waals surface area (Å²) in [5.74, 6) is 0.858. The monoisotopic (exact) mass is 244 g/mol. The van der Waals surface area contributed by atoms with Gasteiger partial charge in [0.05, 0.1) is 0 Å². The average molecular weight is 244 g/mol. The molecule has 98 valence electrons. The zero-order valence-electron chi connectivity index (χ0n) is 11.4. The van der Waals surface area contributed by atoms with E-state index in [1.807, 2.05) is 0 Å². The standard InChI is InChI=1S/C16H24N2/c1-2-17-12-14-9-10-16(14)18-11-5-7-13-6-3-4-8-15(13)18/h3-4,6,8,14,16-17H,2,5,7,9-12H2,1H3. The summed E-state index contributed by atoms with van der Waals surface area (Å²) in [5.41, 5.74) is 3.06. The zero-order chi connectivity index (χ0) is 12.4. The van der Waals surface area contributed by atoms with Gasteiger partial charge < -0.3 is 10.2 Å². The number of nitrogens with zero attached hydrogens (tertiary/aromatic N) is 1. The molecule has 0 spiro atoms. The van der Waals surface area contributed by atoms with E-state index >= 15 is 0 Å². The number of para-hydroxylation sites is 1. The number of hydrogen-bond acceptors (Lipinski definition) is 2. The van der Waals surface area contributed by atoms with Crippen LogP contribution in [0.2, 0.25) is 0 Å². The van der Waals surface area contributed by atoms with Crippen LogP contribution in [-0.2, 0) is 6.42 Å². The first-order valence-electron chi connectivity index (χ1n) is 7.45. The second kappa shape index (κ2) is 5.31. The van der Waals surface area contributed by atoms with E-state index in [0.29, 0.717) is 0 Å². The van der Waals surface area contributed by atoms with Crippen molar-refractivity contribution in [1.82, 2.24) is 5.32 Å². The first-order chi connectivity index (χ1) is 8.90. The molecule has 2 nitrogen and oxygen atoms in total. The van der Waals surface area contributed by atoms with Gasteiger partial charge in [0.15, 0.2) is 0 Å². The highest BCUT2D eigenvalue weighted by Crippen LogP contribution is 2.38. The lowest BCUT2D eigenvalue weighted by atomic mass is 9.77. The molecule has 0 radical (unpaired) electrons. The maximum Gasteiger partial charge on any atom is 0.0401 e. The van der Waals surface area contributed by atoms with E-state index in [2.05, 4.69) is 41.4 Å². The van der Waals surface area contributed by atoms with Gasteiger partial charge in [0.25, 0.3) is 0 Å². The first kappa shape index (κ1) is 12.0. The smallest absolute Gasteiger partial charge is 0.0401 e. The molecule has 1 saturated carbocycles. The highest BCUT2D eigenvalue weighted by atomic mass is 15.2. The Hall–Kier alpha value is -1.02. The van der Waals surface area contributed by atoms with Crippen LogP contribution in [0.3, 0.4) is 0 Å². The minimum atomic E-state index is 0.783. The molecule has 1 heterocycles. The molecule has 3 rings (SSSR count). The number of nitrogens with one attached hydrogen (secondary N) is 1. The number of anilines is 1. The Morgan fingerprint density at radius 2 is 2.17 bits per heavy atom. The normalized spacial score (nSPS) is 26.6. The van der Waals surface area contributed by atoms with Crippen LogP contribution in [0.1, 0.15) is 31.7 Å². The molecular weight excluding hydrogens is 220 g/mol. The van der Waals surface area contributed by atoms with Crippen LogP contribution in [0.5, 0.6) is 0 Å². The summed E-state index contributed by atoms with van der Waals surface area (Å²) in [6.45, 7) is 5.74. The molecule has 0 aromatic heterocycles. The molecule has 0 amide bonds. The van der Waals surface area contributed by atoms with Crippen molar-refractivity contribution in [2.45, 2.75) is 38.6 Å². The van der Waals surface area contributed by atoms with E-state index in [-0.39, 0.29) is 0 Å². The Kier molecular flexibility index (Phi) is 3.55. The summed E-state index contributed by atoms with van der Waals surface area (Å²) in [7, 11) is 0. The minimum Gasteiger partial charge on any atom is -0.368 e. The average Bonchev–Trinajstić information content (AvgIpc) is 2.38. The van der Waals surface area contributed by atoms with Crippen LogP contribution in [-0.4, -0.2) is 25.7 Å². The van der Waals surface area contributed by atoms with Crippen molar-refractivity contribution in [2.75, 3.05) is 24.5 Å². The summed E-state index contributed by atoms with van der Waals surface area (Å²) in [5, 5.41) is 3.52. The predicted octanol–water partition coefficient (Wildman–Crippen LogP) is 2.83. The predicted molar refractivity (Wildman–Crippen MR) is 77.2 cm³/mol. The molecule has 18 heavy (non-hydrogen) atoms. The Morgan fingerprint density at radius 1 is 1.28 bits per heavy atom. The van der Waals surface area contributed by atoms with Gasteiger partial charge in [-0.1, -0.05) is 25.1 Å². The lowest BCUT2D eigenvalue weighted by Gasteiger charge is -2.48. The van der Waals surface area contributed by atoms with Crippen LogP contribution in [0.4, 0.5) is 5.69 Å². The fraction of sp³-hybridized carbons (Fsp3) is 0.625. The number of fused-ring (bicyclic) bond motifs is 1. The molecule has 2 atom stereocenters. The molecule has 2 heteroatoms. The van der Waals surface area contributed by atoms with Gasteiger partial charge in [-0.05, 0) is 56.3 Å². The fourth-order valence-electron chi connectivity index (χ4n) is 3.44. The summed E-state index contributed by atoms with van der Waals surface area (Å²) in [6, 6.07) is 9.77. The van der Waals surface area contributed by atoms with E-state index in [0.717, 1.165) is 18.5 Å². The lowest BCUT2D eigenvalue weighted by Crippen LogP contribution is -2.52. The Balaban J connectivity index is 1.74. The number of aryl methyl sites for hydroxylation is 1. The first-order valence-corrected chi connectivity index (χ1v) is 7.45. The SMILES string of the molecule is CCNCC1CCC1N1CCCc2ccccc21. The van der Waals surface area contributed by atoms with Gasteiger partial charge in [-0.25, -0.2) is 0 Å². The van der Waals surface area contributed by atoms with Crippen molar-refractivity contribution in [3.8, 4) is 0 Å². The molecule has 0 bridgehead atoms. The third kappa shape index (κ3) is 2.14. The molecule has 2 unspecified atom stereocenters. The van der Waals surface area contributed by atoms with E-state index in [4.69, 9.17) is 0 Å². The second-order valence-corrected chi connectivity index (χ2v) is 5.64. The zero-order valence-corrected chi connectivity index (χ0v) is 11.4. The largest absolute Gasteiger partial charge is 0.368 e. The third-order valence-corrected chi connectivity index (χ3v) is 4.58. The molecule has 0 saturated heterocycles. The Labute approximate surface area is 110 Å². The highest BCUT2D eigenvalue weighted by molar-refractivity contribution is 5.56. The molecule has 1 aromatic carbocycles. The van der Waals surface area contributed by atoms with Crippen molar-refractivity contribution < 1.29 is 0 Å². The van der Waals surface area contributed by atoms with E-state index < -0.39 is 0 Å². The Morgan fingerprint density at radius 3 is 2.94 bits per heavy atom. The number of hydrogen-bond donors (Lipinski definition) is 1. The second-order valence-electron chi connectivity index (χ2n) is 5.64. The van der Waals surface area contributed by atoms with Crippen LogP contribution in [0, 0.1) is 5.92 Å². The Bertz CT molecular complexity index is 402. The van der Waals surface area contributed by atoms with Crippen molar-refractivity contribution in [3.63, 3.8) is 0 Å². The van der Waals surface area contributed by atoms with Gasteiger partial charge in [0, 0.05) is 18.3 Å². The van der Waals surface area contributed by atoms with E-state index in [1.165, 1.54) is 44.5 Å². The number of benzene rings is 1. The van der Waals surface area contributed by atoms with Crippen molar-refractivity contribution in [2.24, 2.45) is 5.92 Å². The summed E-state index contributed by atoms with van der Waals surface area (Å²) < 4.78 is 0. The summed E-state index contributed by atoms with van der Waals surface area (Å²) >= 11 is 0. The van der Waals surface area contributed by atoms with E-state index in [1.54, 1.807) is 5.56 Å². The topological polar surface area (TPSA) is 15.3 Å². The van der Waals surface area contributed by atoms with Gasteiger partial charge in [0.2, 0.25) is 0 Å². The molecule has 1 aliphatic heterocycles. The van der Waals surface area contributed by atoms with Crippen LogP contribution in [0.25, 0.3) is 0 Å².